The normalized spacial score (nSPS) is 10.3. The first kappa shape index (κ1) is 13.9. The molecule has 5 nitrogen and oxygen atoms in total. The zero-order chi connectivity index (χ0) is 14.7. The highest BCUT2D eigenvalue weighted by atomic mass is 16.4. The molecule has 1 aromatic heterocycles. The van der Waals surface area contributed by atoms with Gasteiger partial charge in [0.15, 0.2) is 0 Å². The molecule has 0 radical (unpaired) electrons. The van der Waals surface area contributed by atoms with Crippen molar-refractivity contribution in [2.24, 2.45) is 0 Å². The summed E-state index contributed by atoms with van der Waals surface area (Å²) in [6.45, 7) is 2.70. The van der Waals surface area contributed by atoms with Gasteiger partial charge in [0.05, 0.1) is 17.4 Å². The summed E-state index contributed by atoms with van der Waals surface area (Å²) in [7, 11) is 1.87. The second-order valence-electron chi connectivity index (χ2n) is 4.72. The van der Waals surface area contributed by atoms with Crippen molar-refractivity contribution in [2.75, 3.05) is 17.7 Å². The fourth-order valence-electron chi connectivity index (χ4n) is 1.97. The fraction of sp³-hybridized carbons (Fsp3) is 0.200. The molecule has 0 unspecified atom stereocenters. The van der Waals surface area contributed by atoms with E-state index in [0.29, 0.717) is 12.4 Å². The van der Waals surface area contributed by atoms with E-state index >= 15 is 0 Å². The molecule has 0 spiro atoms. The van der Waals surface area contributed by atoms with E-state index in [4.69, 9.17) is 10.8 Å². The smallest absolute Gasteiger partial charge is 0.337 e. The maximum atomic E-state index is 11.1. The number of anilines is 2. The lowest BCUT2D eigenvalue weighted by Crippen LogP contribution is -2.19. The molecule has 1 aromatic carbocycles. The lowest BCUT2D eigenvalue weighted by Gasteiger charge is -2.20. The molecule has 0 aliphatic rings. The number of aromatic carboxylic acids is 1. The number of carbonyl (C=O) groups is 1. The van der Waals surface area contributed by atoms with Crippen LogP contribution in [0.4, 0.5) is 11.5 Å². The lowest BCUT2D eigenvalue weighted by molar-refractivity contribution is 0.0698. The van der Waals surface area contributed by atoms with Gasteiger partial charge in [0.1, 0.15) is 5.82 Å². The Bertz CT molecular complexity index is 641. The quantitative estimate of drug-likeness (QED) is 0.892. The van der Waals surface area contributed by atoms with Crippen LogP contribution in [0, 0.1) is 6.92 Å². The maximum Gasteiger partial charge on any atom is 0.337 e. The Morgan fingerprint density at radius 2 is 2.10 bits per heavy atom. The van der Waals surface area contributed by atoms with Crippen LogP contribution < -0.4 is 10.6 Å². The Kier molecular flexibility index (Phi) is 3.89. The number of pyridine rings is 1. The zero-order valence-corrected chi connectivity index (χ0v) is 11.5. The van der Waals surface area contributed by atoms with Gasteiger partial charge in [-0.2, -0.15) is 0 Å². The summed E-state index contributed by atoms with van der Waals surface area (Å²) in [6, 6.07) is 9.55. The third kappa shape index (κ3) is 2.88. The molecule has 0 bridgehead atoms. The largest absolute Gasteiger partial charge is 0.478 e. The third-order valence-corrected chi connectivity index (χ3v) is 3.21. The SMILES string of the molecule is Cc1ccccc1CN(C)c1cc(C(=O)O)c(N)cn1. The van der Waals surface area contributed by atoms with Crippen molar-refractivity contribution < 1.29 is 9.90 Å². The molecule has 104 valence electrons. The monoisotopic (exact) mass is 271 g/mol. The Morgan fingerprint density at radius 3 is 2.75 bits per heavy atom. The first-order valence-corrected chi connectivity index (χ1v) is 6.23. The summed E-state index contributed by atoms with van der Waals surface area (Å²) < 4.78 is 0. The number of aromatic nitrogens is 1. The number of hydrogen-bond donors (Lipinski definition) is 2. The molecule has 2 aromatic rings. The van der Waals surface area contributed by atoms with Crippen molar-refractivity contribution in [1.82, 2.24) is 4.98 Å². The van der Waals surface area contributed by atoms with E-state index < -0.39 is 5.97 Å². The highest BCUT2D eigenvalue weighted by molar-refractivity contribution is 5.94. The number of rotatable bonds is 4. The van der Waals surface area contributed by atoms with Crippen LogP contribution in [0.3, 0.4) is 0 Å². The van der Waals surface area contributed by atoms with Gasteiger partial charge in [0.25, 0.3) is 0 Å². The van der Waals surface area contributed by atoms with Crippen LogP contribution in [-0.2, 0) is 6.54 Å². The van der Waals surface area contributed by atoms with Gasteiger partial charge < -0.3 is 15.7 Å². The molecule has 0 saturated heterocycles. The summed E-state index contributed by atoms with van der Waals surface area (Å²) in [5.74, 6) is -0.463. The first-order chi connectivity index (χ1) is 9.49. The van der Waals surface area contributed by atoms with Gasteiger partial charge in [-0.3, -0.25) is 0 Å². The zero-order valence-electron chi connectivity index (χ0n) is 11.5. The highest BCUT2D eigenvalue weighted by Crippen LogP contribution is 2.19. The van der Waals surface area contributed by atoms with E-state index in [-0.39, 0.29) is 11.3 Å². The van der Waals surface area contributed by atoms with E-state index in [2.05, 4.69) is 4.98 Å². The van der Waals surface area contributed by atoms with Gasteiger partial charge in [0, 0.05) is 13.6 Å². The molecule has 0 aliphatic carbocycles. The number of carboxylic acids is 1. The van der Waals surface area contributed by atoms with E-state index in [0.717, 1.165) is 0 Å². The first-order valence-electron chi connectivity index (χ1n) is 6.23. The molecule has 3 N–H and O–H groups in total. The molecule has 0 aliphatic heterocycles. The summed E-state index contributed by atoms with van der Waals surface area (Å²) in [5, 5.41) is 9.08. The number of benzene rings is 1. The second-order valence-corrected chi connectivity index (χ2v) is 4.72. The van der Waals surface area contributed by atoms with Crippen molar-refractivity contribution >= 4 is 17.5 Å². The number of nitrogen functional groups attached to an aromatic ring is 1. The number of carboxylic acid groups (broad SMARTS) is 1. The second kappa shape index (κ2) is 5.61. The van der Waals surface area contributed by atoms with E-state index in [9.17, 15) is 4.79 Å². The Balaban J connectivity index is 2.26. The standard InChI is InChI=1S/C15H17N3O2/c1-10-5-3-4-6-11(10)9-18(2)14-7-12(15(19)20)13(16)8-17-14/h3-8H,9,16H2,1-2H3,(H,19,20). The molecular formula is C15H17N3O2. The third-order valence-electron chi connectivity index (χ3n) is 3.21. The summed E-state index contributed by atoms with van der Waals surface area (Å²) in [4.78, 5) is 17.2. The fourth-order valence-corrected chi connectivity index (χ4v) is 1.97. The highest BCUT2D eigenvalue weighted by Gasteiger charge is 2.12. The topological polar surface area (TPSA) is 79.5 Å². The minimum atomic E-state index is -1.05. The molecule has 0 fully saturated rings. The van der Waals surface area contributed by atoms with Crippen molar-refractivity contribution in [3.8, 4) is 0 Å². The molecule has 2 rings (SSSR count). The van der Waals surface area contributed by atoms with Crippen LogP contribution in [0.5, 0.6) is 0 Å². The van der Waals surface area contributed by atoms with Gasteiger partial charge in [-0.15, -0.1) is 0 Å². The lowest BCUT2D eigenvalue weighted by atomic mass is 10.1. The summed E-state index contributed by atoms with van der Waals surface area (Å²) >= 11 is 0. The van der Waals surface area contributed by atoms with Gasteiger partial charge in [0.2, 0.25) is 0 Å². The number of aryl methyl sites for hydroxylation is 1. The van der Waals surface area contributed by atoms with Crippen LogP contribution in [0.1, 0.15) is 21.5 Å². The molecular weight excluding hydrogens is 254 g/mol. The molecule has 5 heteroatoms. The summed E-state index contributed by atoms with van der Waals surface area (Å²) in [6.07, 6.45) is 1.38. The maximum absolute atomic E-state index is 11.1. The molecule has 1 heterocycles. The number of nitrogens with two attached hydrogens (primary N) is 1. The molecule has 20 heavy (non-hydrogen) atoms. The van der Waals surface area contributed by atoms with Crippen molar-refractivity contribution in [3.63, 3.8) is 0 Å². The average Bonchev–Trinajstić information content (AvgIpc) is 2.41. The van der Waals surface area contributed by atoms with Gasteiger partial charge in [-0.05, 0) is 24.1 Å². The van der Waals surface area contributed by atoms with E-state index in [1.165, 1.54) is 23.4 Å². The minimum Gasteiger partial charge on any atom is -0.478 e. The number of hydrogen-bond acceptors (Lipinski definition) is 4. The van der Waals surface area contributed by atoms with Crippen LogP contribution in [0.15, 0.2) is 36.5 Å². The number of nitrogens with zero attached hydrogens (tertiary/aromatic N) is 2. The van der Waals surface area contributed by atoms with Gasteiger partial charge >= 0.3 is 5.97 Å². The Hall–Kier alpha value is -2.56. The predicted molar refractivity (Wildman–Crippen MR) is 78.9 cm³/mol. The van der Waals surface area contributed by atoms with Crippen LogP contribution in [0.2, 0.25) is 0 Å². The van der Waals surface area contributed by atoms with Gasteiger partial charge in [-0.25, -0.2) is 9.78 Å². The van der Waals surface area contributed by atoms with Crippen molar-refractivity contribution in [2.45, 2.75) is 13.5 Å². The molecule has 0 saturated carbocycles. The van der Waals surface area contributed by atoms with Crippen LogP contribution >= 0.6 is 0 Å². The van der Waals surface area contributed by atoms with Crippen molar-refractivity contribution in [3.05, 3.63) is 53.2 Å². The summed E-state index contributed by atoms with van der Waals surface area (Å²) in [5.41, 5.74) is 8.21. The minimum absolute atomic E-state index is 0.0756. The Morgan fingerprint density at radius 1 is 1.40 bits per heavy atom. The predicted octanol–water partition coefficient (Wildman–Crippen LogP) is 2.31. The van der Waals surface area contributed by atoms with E-state index in [1.807, 2.05) is 43.1 Å². The van der Waals surface area contributed by atoms with Crippen LogP contribution in [-0.4, -0.2) is 23.1 Å². The molecule has 0 atom stereocenters. The van der Waals surface area contributed by atoms with Crippen LogP contribution in [0.25, 0.3) is 0 Å². The average molecular weight is 271 g/mol. The Labute approximate surface area is 117 Å². The van der Waals surface area contributed by atoms with Gasteiger partial charge in [-0.1, -0.05) is 24.3 Å². The molecule has 0 amide bonds. The van der Waals surface area contributed by atoms with E-state index in [1.54, 1.807) is 0 Å². The van der Waals surface area contributed by atoms with Crippen molar-refractivity contribution in [1.29, 1.82) is 0 Å².